The molecule has 0 atom stereocenters. The van der Waals surface area contributed by atoms with Crippen molar-refractivity contribution in [2.45, 2.75) is 313 Å². The van der Waals surface area contributed by atoms with Crippen molar-refractivity contribution in [2.75, 3.05) is 6.61 Å². The Morgan fingerprint density at radius 1 is 0.225 bits per heavy atom. The van der Waals surface area contributed by atoms with E-state index in [4.69, 9.17) is 17.4 Å². The molecule has 0 fully saturated rings. The molecule has 6 aliphatic carbocycles. The average Bonchev–Trinajstić information content (AvgIpc) is 1.96. The Labute approximate surface area is 495 Å². The maximum atomic E-state index is 8.19. The van der Waals surface area contributed by atoms with E-state index in [0.29, 0.717) is 0 Å². The second kappa shape index (κ2) is 26.0. The SMILES string of the molecule is CCCCCCCCCCCCOc1c2c(c(S)c3c1C1c4c(CC)c(CC)c(CC)c(CC)c4C3c3c(CC)c(CC)c(CC)c(CC)c31)C1c3c(CC)c(CC)c(CC)c(CC)c3C2c2c(CC)c(CC)c(CC)c(CC)c21. The van der Waals surface area contributed by atoms with E-state index in [2.05, 4.69) is 118 Å². The highest BCUT2D eigenvalue weighted by molar-refractivity contribution is 7.80. The van der Waals surface area contributed by atoms with Gasteiger partial charge in [0.05, 0.1) is 6.61 Å². The van der Waals surface area contributed by atoms with E-state index in [1.165, 1.54) is 90.7 Å². The zero-order valence-corrected chi connectivity index (χ0v) is 55.2. The van der Waals surface area contributed by atoms with Crippen LogP contribution in [0.2, 0.25) is 0 Å². The Morgan fingerprint density at radius 2 is 0.412 bits per heavy atom. The molecule has 0 amide bonds. The van der Waals surface area contributed by atoms with E-state index >= 15 is 0 Å². The number of thiol groups is 1. The molecule has 0 aromatic heterocycles. The molecule has 0 heterocycles. The van der Waals surface area contributed by atoms with Gasteiger partial charge in [0.15, 0.2) is 0 Å². The van der Waals surface area contributed by atoms with E-state index in [1.807, 2.05) is 0 Å². The third-order valence-corrected chi connectivity index (χ3v) is 22.1. The maximum Gasteiger partial charge on any atom is 0.128 e. The lowest BCUT2D eigenvalue weighted by atomic mass is 9.51. The topological polar surface area (TPSA) is 9.23 Å². The highest BCUT2D eigenvalue weighted by atomic mass is 32.1. The van der Waals surface area contributed by atoms with Gasteiger partial charge in [0, 0.05) is 39.7 Å². The summed E-state index contributed by atoms with van der Waals surface area (Å²) < 4.78 is 8.19. The van der Waals surface area contributed by atoms with Crippen molar-refractivity contribution >= 4 is 12.6 Å². The third-order valence-electron chi connectivity index (χ3n) is 21.6. The summed E-state index contributed by atoms with van der Waals surface area (Å²) in [6.45, 7) is 42.7. The maximum absolute atomic E-state index is 8.19. The van der Waals surface area contributed by atoms with Crippen molar-refractivity contribution in [3.63, 3.8) is 0 Å². The third kappa shape index (κ3) is 9.10. The van der Waals surface area contributed by atoms with Crippen molar-refractivity contribution < 1.29 is 4.74 Å². The Kier molecular flexibility index (Phi) is 19.8. The van der Waals surface area contributed by atoms with Crippen LogP contribution in [0.1, 0.15) is 361 Å². The lowest BCUT2D eigenvalue weighted by Gasteiger charge is -2.53. The molecule has 5 aromatic rings. The number of rotatable bonds is 28. The van der Waals surface area contributed by atoms with Gasteiger partial charge in [-0.25, -0.2) is 0 Å². The Bertz CT molecular complexity index is 2770. The molecule has 0 radical (unpaired) electrons. The highest BCUT2D eigenvalue weighted by Crippen LogP contribution is 2.70. The quantitative estimate of drug-likeness (QED) is 0.0380. The van der Waals surface area contributed by atoms with Crippen molar-refractivity contribution in [1.82, 2.24) is 0 Å². The molecule has 0 spiro atoms. The molecule has 1 nitrogen and oxygen atoms in total. The normalized spacial score (nSPS) is 17.0. The number of hydrogen-bond acceptors (Lipinski definition) is 2. The Balaban J connectivity index is 1.48. The van der Waals surface area contributed by atoms with Gasteiger partial charge in [0.1, 0.15) is 5.75 Å². The molecule has 11 rings (SSSR count). The second-order valence-electron chi connectivity index (χ2n) is 24.7. The van der Waals surface area contributed by atoms with Crippen LogP contribution in [0.3, 0.4) is 0 Å². The van der Waals surface area contributed by atoms with Gasteiger partial charge in [-0.3, -0.25) is 0 Å². The summed E-state index contributed by atoms with van der Waals surface area (Å²) >= 11 is 6.40. The summed E-state index contributed by atoms with van der Waals surface area (Å²) in [4.78, 5) is 1.31. The number of ether oxygens (including phenoxy) is 1. The highest BCUT2D eigenvalue weighted by Gasteiger charge is 2.56. The number of hydrogen-bond donors (Lipinski definition) is 1. The van der Waals surface area contributed by atoms with Gasteiger partial charge in [-0.15, -0.1) is 12.6 Å². The fourth-order valence-electron chi connectivity index (χ4n) is 18.9. The monoisotopic (exact) mass is 1090 g/mol. The molecule has 0 saturated heterocycles. The molecule has 0 saturated carbocycles. The molecular weight excluding hydrogens is 985 g/mol. The first-order valence-electron chi connectivity index (χ1n) is 34.4. The molecule has 5 aromatic carbocycles. The molecule has 6 aliphatic rings. The van der Waals surface area contributed by atoms with Crippen LogP contribution >= 0.6 is 12.6 Å². The van der Waals surface area contributed by atoms with Crippen LogP contribution in [-0.4, -0.2) is 6.61 Å². The Hall–Kier alpha value is -3.75. The van der Waals surface area contributed by atoms with Crippen molar-refractivity contribution in [2.24, 2.45) is 0 Å². The number of benzene rings is 5. The van der Waals surface area contributed by atoms with Gasteiger partial charge >= 0.3 is 0 Å². The minimum atomic E-state index is 0.0993. The van der Waals surface area contributed by atoms with Crippen LogP contribution in [0.15, 0.2) is 4.90 Å². The van der Waals surface area contributed by atoms with Crippen LogP contribution < -0.4 is 4.74 Å². The molecule has 2 heteroatoms. The van der Waals surface area contributed by atoms with E-state index < -0.39 is 0 Å². The van der Waals surface area contributed by atoms with Crippen LogP contribution in [0.25, 0.3) is 0 Å². The van der Waals surface area contributed by atoms with E-state index in [-0.39, 0.29) is 23.7 Å². The van der Waals surface area contributed by atoms with Crippen LogP contribution in [0, 0.1) is 0 Å². The van der Waals surface area contributed by atoms with Crippen LogP contribution in [0.5, 0.6) is 5.75 Å². The summed E-state index contributed by atoms with van der Waals surface area (Å²) in [5.41, 5.74) is 45.9. The van der Waals surface area contributed by atoms with E-state index in [9.17, 15) is 0 Å². The first-order valence-corrected chi connectivity index (χ1v) is 34.8. The van der Waals surface area contributed by atoms with Gasteiger partial charge in [-0.05, 0) is 254 Å². The number of unbranched alkanes of at least 4 members (excludes halogenated alkanes) is 9. The fourth-order valence-corrected chi connectivity index (χ4v) is 19.4. The van der Waals surface area contributed by atoms with Gasteiger partial charge in [-0.2, -0.15) is 0 Å². The van der Waals surface area contributed by atoms with Gasteiger partial charge < -0.3 is 4.74 Å². The van der Waals surface area contributed by atoms with Gasteiger partial charge in [-0.1, -0.05) is 175 Å². The van der Waals surface area contributed by atoms with Crippen molar-refractivity contribution in [3.05, 3.63) is 156 Å². The predicted octanol–water partition coefficient (Wildman–Crippen LogP) is 21.2. The molecule has 0 aliphatic heterocycles. The summed E-state index contributed by atoms with van der Waals surface area (Å²) in [6.07, 6.45) is 30.4. The Morgan fingerprint density at radius 3 is 0.613 bits per heavy atom. The van der Waals surface area contributed by atoms with E-state index in [0.717, 1.165) is 116 Å². The predicted molar refractivity (Wildman–Crippen MR) is 351 cm³/mol. The van der Waals surface area contributed by atoms with Gasteiger partial charge in [0.25, 0.3) is 0 Å². The van der Waals surface area contributed by atoms with E-state index in [1.54, 1.807) is 134 Å². The minimum Gasteiger partial charge on any atom is -0.493 e. The summed E-state index contributed by atoms with van der Waals surface area (Å²) in [7, 11) is 0. The molecule has 0 N–H and O–H groups in total. The lowest BCUT2D eigenvalue weighted by Crippen LogP contribution is -2.39. The first-order chi connectivity index (χ1) is 39.0. The largest absolute Gasteiger partial charge is 0.493 e. The standard InChI is InChI=1S/C78H110OS/c1-18-35-36-37-38-39-40-41-42-43-44-79-77-73-69-61-53(27-10)45(19-2)49(23-6)57(31-14)65(61)71(66-58(32-15)50(24-7)46(20-3)54(28-11)62(66)69)75(73)78(80)76-72-67-59(33-16)51(25-8)47(21-4)55(29-12)63(67)70(74(76)77)64-56(30-13)48(22-5)52(26-9)60(34-17)68(64)72/h69-72,80H,18-44H2,1-17H3. The van der Waals surface area contributed by atoms with Crippen molar-refractivity contribution in [3.8, 4) is 5.75 Å². The molecule has 4 bridgehead atoms. The molecule has 0 unspecified atom stereocenters. The molecule has 434 valence electrons. The zero-order valence-electron chi connectivity index (χ0n) is 54.3. The summed E-state index contributed by atoms with van der Waals surface area (Å²) in [5.74, 6) is 1.71. The zero-order chi connectivity index (χ0) is 57.4. The summed E-state index contributed by atoms with van der Waals surface area (Å²) in [5, 5.41) is 0. The minimum absolute atomic E-state index is 0.0993. The second-order valence-corrected chi connectivity index (χ2v) is 25.2. The smallest absolute Gasteiger partial charge is 0.128 e. The summed E-state index contributed by atoms with van der Waals surface area (Å²) in [6, 6.07) is 0. The van der Waals surface area contributed by atoms with Crippen molar-refractivity contribution in [1.29, 1.82) is 0 Å². The fraction of sp³-hybridized carbons (Fsp3) is 0.615. The molecule has 80 heavy (non-hydrogen) atoms. The van der Waals surface area contributed by atoms with Gasteiger partial charge in [0.2, 0.25) is 0 Å². The van der Waals surface area contributed by atoms with Crippen LogP contribution in [0.4, 0.5) is 0 Å². The lowest BCUT2D eigenvalue weighted by molar-refractivity contribution is 0.294. The van der Waals surface area contributed by atoms with Crippen LogP contribution in [-0.2, 0) is 103 Å². The first kappa shape index (κ1) is 60.8. The average molecular weight is 1100 g/mol. The molecular formula is C78H110OS.